The van der Waals surface area contributed by atoms with Gasteiger partial charge in [-0.15, -0.1) is 0 Å². The van der Waals surface area contributed by atoms with E-state index in [-0.39, 0.29) is 16.7 Å². The fourth-order valence-corrected chi connectivity index (χ4v) is 2.20. The third kappa shape index (κ3) is 3.28. The Bertz CT molecular complexity index is 584. The van der Waals surface area contributed by atoms with E-state index in [1.165, 1.54) is 12.1 Å². The molecular formula is C15H12BrFO2. The molecule has 0 fully saturated rings. The highest BCUT2D eigenvalue weighted by Crippen LogP contribution is 2.23. The smallest absolute Gasteiger partial charge is 0.170 e. The fourth-order valence-electron chi connectivity index (χ4n) is 1.79. The van der Waals surface area contributed by atoms with E-state index in [1.54, 1.807) is 30.3 Å². The molecule has 0 aliphatic heterocycles. The second kappa shape index (κ2) is 6.08. The van der Waals surface area contributed by atoms with E-state index in [0.29, 0.717) is 11.1 Å². The lowest BCUT2D eigenvalue weighted by atomic mass is 10.00. The summed E-state index contributed by atoms with van der Waals surface area (Å²) in [6.45, 7) is 0. The van der Waals surface area contributed by atoms with Gasteiger partial charge < -0.3 is 5.11 Å². The molecule has 2 aromatic carbocycles. The number of carbonyl (C=O) groups excluding carboxylic acids is 1. The largest absolute Gasteiger partial charge is 0.381 e. The summed E-state index contributed by atoms with van der Waals surface area (Å²) in [6, 6.07) is 13.2. The third-order valence-electron chi connectivity index (χ3n) is 2.82. The van der Waals surface area contributed by atoms with Gasteiger partial charge in [0.05, 0.1) is 4.47 Å². The van der Waals surface area contributed by atoms with Crippen molar-refractivity contribution >= 4 is 21.7 Å². The zero-order valence-corrected chi connectivity index (χ0v) is 11.6. The molecule has 1 unspecified atom stereocenters. The van der Waals surface area contributed by atoms with E-state index >= 15 is 0 Å². The predicted octanol–water partition coefficient (Wildman–Crippen LogP) is 3.43. The minimum Gasteiger partial charge on any atom is -0.381 e. The van der Waals surface area contributed by atoms with Gasteiger partial charge in [-0.25, -0.2) is 4.39 Å². The molecule has 19 heavy (non-hydrogen) atoms. The number of hydrogen-bond donors (Lipinski definition) is 1. The summed E-state index contributed by atoms with van der Waals surface area (Å²) in [4.78, 5) is 12.0. The van der Waals surface area contributed by atoms with Crippen molar-refractivity contribution in [3.63, 3.8) is 0 Å². The second-order valence-electron chi connectivity index (χ2n) is 4.17. The molecule has 4 heteroatoms. The standard InChI is InChI=1S/C15H12BrFO2/c16-14-11(7-4-8-12(14)17)9-13(18)15(19)10-5-2-1-3-6-10/h1-8,15,19H,9H2. The van der Waals surface area contributed by atoms with Gasteiger partial charge in [-0.1, -0.05) is 42.5 Å². The third-order valence-corrected chi connectivity index (χ3v) is 3.70. The zero-order chi connectivity index (χ0) is 13.8. The summed E-state index contributed by atoms with van der Waals surface area (Å²) in [7, 11) is 0. The maximum atomic E-state index is 13.3. The molecule has 0 spiro atoms. The summed E-state index contributed by atoms with van der Waals surface area (Å²) < 4.78 is 13.6. The topological polar surface area (TPSA) is 37.3 Å². The Kier molecular flexibility index (Phi) is 4.45. The Hall–Kier alpha value is -1.52. The number of benzene rings is 2. The van der Waals surface area contributed by atoms with Crippen LogP contribution in [0.1, 0.15) is 17.2 Å². The van der Waals surface area contributed by atoms with Crippen molar-refractivity contribution in [3.05, 3.63) is 69.9 Å². The zero-order valence-electron chi connectivity index (χ0n) is 10.0. The molecule has 0 aromatic heterocycles. The molecule has 0 aliphatic carbocycles. The average Bonchev–Trinajstić information content (AvgIpc) is 2.44. The number of halogens is 2. The van der Waals surface area contributed by atoms with Gasteiger partial charge in [0.2, 0.25) is 0 Å². The number of ketones is 1. The van der Waals surface area contributed by atoms with Gasteiger partial charge in [-0.05, 0) is 33.1 Å². The Morgan fingerprint density at radius 2 is 1.84 bits per heavy atom. The maximum Gasteiger partial charge on any atom is 0.170 e. The Balaban J connectivity index is 2.15. The van der Waals surface area contributed by atoms with E-state index < -0.39 is 11.9 Å². The van der Waals surface area contributed by atoms with Gasteiger partial charge in [-0.2, -0.15) is 0 Å². The molecule has 0 amide bonds. The molecule has 2 rings (SSSR count). The summed E-state index contributed by atoms with van der Waals surface area (Å²) >= 11 is 3.11. The van der Waals surface area contributed by atoms with Crippen LogP contribution in [0.2, 0.25) is 0 Å². The molecule has 0 saturated carbocycles. The highest BCUT2D eigenvalue weighted by atomic mass is 79.9. The monoisotopic (exact) mass is 322 g/mol. The molecule has 1 atom stereocenters. The van der Waals surface area contributed by atoms with Crippen LogP contribution in [0.5, 0.6) is 0 Å². The molecule has 0 saturated heterocycles. The van der Waals surface area contributed by atoms with Crippen LogP contribution in [-0.2, 0) is 11.2 Å². The van der Waals surface area contributed by atoms with Gasteiger partial charge in [0.1, 0.15) is 11.9 Å². The van der Waals surface area contributed by atoms with Gasteiger partial charge in [0, 0.05) is 6.42 Å². The molecule has 0 aliphatic rings. The Labute approximate surface area is 119 Å². The van der Waals surface area contributed by atoms with Crippen LogP contribution < -0.4 is 0 Å². The molecule has 0 bridgehead atoms. The minimum atomic E-state index is -1.18. The van der Waals surface area contributed by atoms with Gasteiger partial charge in [0.25, 0.3) is 0 Å². The minimum absolute atomic E-state index is 0.0194. The molecule has 0 radical (unpaired) electrons. The van der Waals surface area contributed by atoms with Crippen LogP contribution in [0, 0.1) is 5.82 Å². The van der Waals surface area contributed by atoms with Gasteiger partial charge in [-0.3, -0.25) is 4.79 Å². The average molecular weight is 323 g/mol. The summed E-state index contributed by atoms with van der Waals surface area (Å²) in [5.74, 6) is -0.781. The Morgan fingerprint density at radius 3 is 2.53 bits per heavy atom. The van der Waals surface area contributed by atoms with Crippen molar-refractivity contribution in [1.82, 2.24) is 0 Å². The summed E-state index contributed by atoms with van der Waals surface area (Å²) in [6.07, 6.45) is -1.20. The second-order valence-corrected chi connectivity index (χ2v) is 4.96. The van der Waals surface area contributed by atoms with E-state index in [9.17, 15) is 14.3 Å². The Morgan fingerprint density at radius 1 is 1.16 bits per heavy atom. The number of carbonyl (C=O) groups is 1. The van der Waals surface area contributed by atoms with Crippen LogP contribution >= 0.6 is 15.9 Å². The summed E-state index contributed by atoms with van der Waals surface area (Å²) in [5.41, 5.74) is 1.07. The van der Waals surface area contributed by atoms with E-state index in [2.05, 4.69) is 15.9 Å². The predicted molar refractivity (Wildman–Crippen MR) is 74.2 cm³/mol. The molecule has 98 valence electrons. The highest BCUT2D eigenvalue weighted by molar-refractivity contribution is 9.10. The van der Waals surface area contributed by atoms with Crippen LogP contribution in [0.3, 0.4) is 0 Å². The SMILES string of the molecule is O=C(Cc1cccc(F)c1Br)C(O)c1ccccc1. The van der Waals surface area contributed by atoms with Crippen molar-refractivity contribution in [2.75, 3.05) is 0 Å². The van der Waals surface area contributed by atoms with Crippen molar-refractivity contribution < 1.29 is 14.3 Å². The van der Waals surface area contributed by atoms with Crippen LogP contribution in [-0.4, -0.2) is 10.9 Å². The molecular weight excluding hydrogens is 311 g/mol. The van der Waals surface area contributed by atoms with Gasteiger partial charge in [0.15, 0.2) is 5.78 Å². The highest BCUT2D eigenvalue weighted by Gasteiger charge is 2.19. The number of hydrogen-bond acceptors (Lipinski definition) is 2. The lowest BCUT2D eigenvalue weighted by Gasteiger charge is -2.11. The van der Waals surface area contributed by atoms with Crippen molar-refractivity contribution in [2.45, 2.75) is 12.5 Å². The first kappa shape index (κ1) is 13.9. The summed E-state index contributed by atoms with van der Waals surface area (Å²) in [5, 5.41) is 9.95. The molecule has 1 N–H and O–H groups in total. The molecule has 0 heterocycles. The van der Waals surface area contributed by atoms with Gasteiger partial charge >= 0.3 is 0 Å². The van der Waals surface area contributed by atoms with Crippen molar-refractivity contribution in [3.8, 4) is 0 Å². The van der Waals surface area contributed by atoms with E-state index in [1.807, 2.05) is 6.07 Å². The van der Waals surface area contributed by atoms with Crippen LogP contribution in [0.15, 0.2) is 53.0 Å². The number of aliphatic hydroxyl groups is 1. The first-order valence-electron chi connectivity index (χ1n) is 5.78. The van der Waals surface area contributed by atoms with E-state index in [0.717, 1.165) is 0 Å². The fraction of sp³-hybridized carbons (Fsp3) is 0.133. The van der Waals surface area contributed by atoms with Crippen molar-refractivity contribution in [2.24, 2.45) is 0 Å². The van der Waals surface area contributed by atoms with Crippen molar-refractivity contribution in [1.29, 1.82) is 0 Å². The quantitative estimate of drug-likeness (QED) is 0.936. The van der Waals surface area contributed by atoms with Crippen LogP contribution in [0.4, 0.5) is 4.39 Å². The normalized spacial score (nSPS) is 12.2. The lowest BCUT2D eigenvalue weighted by Crippen LogP contribution is -2.14. The maximum absolute atomic E-state index is 13.3. The number of Topliss-reactive ketones (excluding diaryl/α,β-unsaturated/α-hetero) is 1. The number of rotatable bonds is 4. The van der Waals surface area contributed by atoms with Crippen LogP contribution in [0.25, 0.3) is 0 Å². The molecule has 2 nitrogen and oxygen atoms in total. The first-order valence-corrected chi connectivity index (χ1v) is 6.57. The first-order chi connectivity index (χ1) is 9.09. The lowest BCUT2D eigenvalue weighted by molar-refractivity contribution is -0.126. The van der Waals surface area contributed by atoms with E-state index in [4.69, 9.17) is 0 Å². The number of aliphatic hydroxyl groups excluding tert-OH is 1. The molecule has 2 aromatic rings.